The fraction of sp³-hybridized carbons (Fsp3) is 0.320. The van der Waals surface area contributed by atoms with Crippen LogP contribution in [0, 0.1) is 0 Å². The van der Waals surface area contributed by atoms with Gasteiger partial charge >= 0.3 is 5.97 Å². The first-order valence-electron chi connectivity index (χ1n) is 10.8. The third-order valence-electron chi connectivity index (χ3n) is 5.33. The molecule has 0 N–H and O–H groups in total. The third kappa shape index (κ3) is 4.31. The van der Waals surface area contributed by atoms with Crippen LogP contribution in [-0.2, 0) is 9.53 Å². The van der Waals surface area contributed by atoms with Gasteiger partial charge in [-0.25, -0.2) is 9.79 Å². The average molecular weight is 482 g/mol. The van der Waals surface area contributed by atoms with Crippen molar-refractivity contribution in [1.82, 2.24) is 4.57 Å². The molecule has 34 heavy (non-hydrogen) atoms. The van der Waals surface area contributed by atoms with Gasteiger partial charge in [-0.15, -0.1) is 0 Å². The number of allylic oxidation sites excluding steroid dienone is 1. The van der Waals surface area contributed by atoms with Crippen LogP contribution in [0.1, 0.15) is 38.1 Å². The Bertz CT molecular complexity index is 1440. The van der Waals surface area contributed by atoms with Gasteiger partial charge in [-0.1, -0.05) is 29.5 Å². The molecule has 0 saturated carbocycles. The Morgan fingerprint density at radius 3 is 2.62 bits per heavy atom. The highest BCUT2D eigenvalue weighted by atomic mass is 32.1. The quantitative estimate of drug-likeness (QED) is 0.504. The Morgan fingerprint density at radius 1 is 1.24 bits per heavy atom. The highest BCUT2D eigenvalue weighted by Crippen LogP contribution is 2.36. The molecule has 1 aromatic carbocycles. The van der Waals surface area contributed by atoms with Gasteiger partial charge in [0, 0.05) is 31.8 Å². The summed E-state index contributed by atoms with van der Waals surface area (Å²) in [6, 6.07) is 10.3. The number of hydrogen-bond acceptors (Lipinski definition) is 8. The van der Waals surface area contributed by atoms with E-state index < -0.39 is 12.0 Å². The lowest BCUT2D eigenvalue weighted by atomic mass is 9.95. The zero-order chi connectivity index (χ0) is 24.6. The van der Waals surface area contributed by atoms with Gasteiger partial charge < -0.3 is 18.8 Å². The molecule has 0 bridgehead atoms. The number of nitrogens with zero attached hydrogens (tertiary/aromatic N) is 3. The van der Waals surface area contributed by atoms with Gasteiger partial charge in [0.15, 0.2) is 10.7 Å². The van der Waals surface area contributed by atoms with Gasteiger partial charge in [0.1, 0.15) is 17.6 Å². The van der Waals surface area contributed by atoms with Crippen molar-refractivity contribution in [1.29, 1.82) is 0 Å². The van der Waals surface area contributed by atoms with E-state index in [1.165, 1.54) is 23.0 Å². The number of aromatic nitrogens is 1. The summed E-state index contributed by atoms with van der Waals surface area (Å²) >= 11 is 1.25. The molecule has 0 amide bonds. The number of hydrogen-bond donors (Lipinski definition) is 0. The maximum atomic E-state index is 13.7. The standard InChI is InChI=1S/C25H27N3O5S/c1-14(2)32-18-10-8-7-9-17(18)22-21(24(30)31-6)15(3)26-25-28(22)23(29)19(34-25)13-16-11-12-20(33-16)27(4)5/h7-14,22H,1-6H3/b19-13-/t22-/m1/s1. The minimum Gasteiger partial charge on any atom is -0.491 e. The SMILES string of the molecule is COC(=O)C1=C(C)N=c2s/c(=C\c3ccc(N(C)C)o3)c(=O)n2[C@@H]1c1ccccc1OC(C)C. The molecule has 3 aromatic rings. The Balaban J connectivity index is 1.96. The number of carbonyl (C=O) groups is 1. The molecule has 2 aromatic heterocycles. The molecule has 0 saturated heterocycles. The monoisotopic (exact) mass is 481 g/mol. The van der Waals surface area contributed by atoms with E-state index in [0.717, 1.165) is 0 Å². The lowest BCUT2D eigenvalue weighted by Crippen LogP contribution is -2.40. The molecule has 3 heterocycles. The maximum Gasteiger partial charge on any atom is 0.338 e. The second-order valence-corrected chi connectivity index (χ2v) is 9.36. The topological polar surface area (TPSA) is 86.3 Å². The molecule has 0 spiro atoms. The number of para-hydroxylation sites is 1. The minimum atomic E-state index is -0.741. The van der Waals surface area contributed by atoms with Crippen molar-refractivity contribution in [2.45, 2.75) is 32.9 Å². The smallest absolute Gasteiger partial charge is 0.338 e. The highest BCUT2D eigenvalue weighted by molar-refractivity contribution is 7.07. The van der Waals surface area contributed by atoms with Crippen LogP contribution in [0.3, 0.4) is 0 Å². The van der Waals surface area contributed by atoms with Crippen LogP contribution < -0.4 is 24.5 Å². The maximum absolute atomic E-state index is 13.7. The molecule has 0 radical (unpaired) electrons. The van der Waals surface area contributed by atoms with Crippen LogP contribution in [0.15, 0.2) is 61.9 Å². The highest BCUT2D eigenvalue weighted by Gasteiger charge is 2.35. The average Bonchev–Trinajstić information content (AvgIpc) is 3.37. The Morgan fingerprint density at radius 2 is 1.97 bits per heavy atom. The largest absolute Gasteiger partial charge is 0.491 e. The zero-order valence-electron chi connectivity index (χ0n) is 20.0. The number of anilines is 1. The number of rotatable bonds is 6. The molecule has 1 atom stereocenters. The van der Waals surface area contributed by atoms with Crippen LogP contribution >= 0.6 is 11.3 Å². The van der Waals surface area contributed by atoms with Gasteiger partial charge in [0.2, 0.25) is 0 Å². The predicted molar refractivity (Wildman–Crippen MR) is 131 cm³/mol. The van der Waals surface area contributed by atoms with E-state index in [4.69, 9.17) is 13.9 Å². The molecule has 9 heteroatoms. The Kier molecular flexibility index (Phi) is 6.47. The molecule has 1 aliphatic rings. The summed E-state index contributed by atoms with van der Waals surface area (Å²) in [5.41, 5.74) is 1.21. The summed E-state index contributed by atoms with van der Waals surface area (Å²) in [5, 5.41) is 0. The number of thiazole rings is 1. The Labute approximate surface area is 201 Å². The summed E-state index contributed by atoms with van der Waals surface area (Å²) in [6.07, 6.45) is 1.61. The fourth-order valence-electron chi connectivity index (χ4n) is 3.84. The summed E-state index contributed by atoms with van der Waals surface area (Å²) in [6.45, 7) is 5.60. The van der Waals surface area contributed by atoms with Gasteiger partial charge in [0.05, 0.1) is 29.0 Å². The lowest BCUT2D eigenvalue weighted by molar-refractivity contribution is -0.136. The number of ether oxygens (including phenoxy) is 2. The Hall–Kier alpha value is -3.59. The van der Waals surface area contributed by atoms with Crippen molar-refractivity contribution < 1.29 is 18.7 Å². The van der Waals surface area contributed by atoms with E-state index in [0.29, 0.717) is 43.6 Å². The van der Waals surface area contributed by atoms with Gasteiger partial charge in [-0.05, 0) is 32.9 Å². The van der Waals surface area contributed by atoms with Crippen molar-refractivity contribution in [3.63, 3.8) is 0 Å². The van der Waals surface area contributed by atoms with Crippen LogP contribution in [0.4, 0.5) is 5.88 Å². The van der Waals surface area contributed by atoms with E-state index in [-0.39, 0.29) is 11.7 Å². The fourth-order valence-corrected chi connectivity index (χ4v) is 4.87. The van der Waals surface area contributed by atoms with Crippen molar-refractivity contribution >= 4 is 29.3 Å². The normalized spacial score (nSPS) is 15.9. The molecule has 178 valence electrons. The van der Waals surface area contributed by atoms with Gasteiger partial charge in [-0.3, -0.25) is 9.36 Å². The number of benzene rings is 1. The molecule has 0 aliphatic carbocycles. The minimum absolute atomic E-state index is 0.0894. The van der Waals surface area contributed by atoms with Crippen LogP contribution in [0.2, 0.25) is 0 Å². The molecule has 4 rings (SSSR count). The molecule has 0 fully saturated rings. The third-order valence-corrected chi connectivity index (χ3v) is 6.31. The number of fused-ring (bicyclic) bond motifs is 1. The second kappa shape index (κ2) is 9.34. The lowest BCUT2D eigenvalue weighted by Gasteiger charge is -2.26. The first kappa shape index (κ1) is 23.6. The number of furan rings is 1. The second-order valence-electron chi connectivity index (χ2n) is 8.35. The van der Waals surface area contributed by atoms with Crippen molar-refractivity contribution in [2.75, 3.05) is 26.1 Å². The molecular formula is C25H27N3O5S. The van der Waals surface area contributed by atoms with Crippen molar-refractivity contribution in [2.24, 2.45) is 4.99 Å². The number of methoxy groups -OCH3 is 1. The van der Waals surface area contributed by atoms with Gasteiger partial charge in [-0.2, -0.15) is 0 Å². The molecule has 0 unspecified atom stereocenters. The number of carbonyl (C=O) groups excluding carboxylic acids is 1. The molecular weight excluding hydrogens is 454 g/mol. The summed E-state index contributed by atoms with van der Waals surface area (Å²) in [4.78, 5) is 33.4. The van der Waals surface area contributed by atoms with E-state index in [1.54, 1.807) is 13.0 Å². The van der Waals surface area contributed by atoms with E-state index in [2.05, 4.69) is 4.99 Å². The zero-order valence-corrected chi connectivity index (χ0v) is 20.8. The summed E-state index contributed by atoms with van der Waals surface area (Å²) in [7, 11) is 5.08. The van der Waals surface area contributed by atoms with Crippen molar-refractivity contribution in [3.8, 4) is 5.75 Å². The van der Waals surface area contributed by atoms with Gasteiger partial charge in [0.25, 0.3) is 5.56 Å². The van der Waals surface area contributed by atoms with E-state index in [1.807, 2.05) is 69.2 Å². The number of esters is 1. The first-order chi connectivity index (χ1) is 16.2. The molecule has 8 nitrogen and oxygen atoms in total. The van der Waals surface area contributed by atoms with E-state index >= 15 is 0 Å². The van der Waals surface area contributed by atoms with Crippen LogP contribution in [0.5, 0.6) is 5.75 Å². The summed E-state index contributed by atoms with van der Waals surface area (Å²) < 4.78 is 18.9. The first-order valence-corrected chi connectivity index (χ1v) is 11.7. The summed E-state index contributed by atoms with van der Waals surface area (Å²) in [5.74, 6) is 1.29. The molecule has 1 aliphatic heterocycles. The van der Waals surface area contributed by atoms with Crippen LogP contribution in [0.25, 0.3) is 6.08 Å². The van der Waals surface area contributed by atoms with Crippen LogP contribution in [-0.4, -0.2) is 37.8 Å². The predicted octanol–water partition coefficient (Wildman–Crippen LogP) is 2.85. The van der Waals surface area contributed by atoms with E-state index in [9.17, 15) is 9.59 Å². The van der Waals surface area contributed by atoms with Crippen molar-refractivity contribution in [3.05, 3.63) is 78.7 Å².